The van der Waals surface area contributed by atoms with Crippen molar-refractivity contribution in [2.75, 3.05) is 20.1 Å². The van der Waals surface area contributed by atoms with Crippen LogP contribution in [0.5, 0.6) is 0 Å². The van der Waals surface area contributed by atoms with Crippen molar-refractivity contribution in [3.8, 4) is 0 Å². The molecule has 1 atom stereocenters. The smallest absolute Gasteiger partial charge is 0.141 e. The molecule has 0 radical (unpaired) electrons. The highest BCUT2D eigenvalue weighted by atomic mass is 19.1. The molecule has 0 saturated heterocycles. The number of hydrogen-bond acceptors (Lipinski definition) is 3. The molecule has 0 fully saturated rings. The maximum absolute atomic E-state index is 13.0. The minimum atomic E-state index is -0.280. The fraction of sp³-hybridized carbons (Fsp3) is 0.706. The van der Waals surface area contributed by atoms with Crippen LogP contribution in [0.1, 0.15) is 58.7 Å². The molecule has 1 aromatic heterocycles. The van der Waals surface area contributed by atoms with E-state index in [2.05, 4.69) is 49.9 Å². The molecule has 0 aliphatic heterocycles. The lowest BCUT2D eigenvalue weighted by molar-refractivity contribution is 0.144. The third kappa shape index (κ3) is 5.71. The lowest BCUT2D eigenvalue weighted by Crippen LogP contribution is -2.42. The number of nitrogens with one attached hydrogen (secondary N) is 1. The van der Waals surface area contributed by atoms with E-state index in [1.54, 1.807) is 6.07 Å². The van der Waals surface area contributed by atoms with E-state index in [1.165, 1.54) is 12.3 Å². The van der Waals surface area contributed by atoms with Crippen molar-refractivity contribution < 1.29 is 4.39 Å². The van der Waals surface area contributed by atoms with Crippen molar-refractivity contribution in [3.63, 3.8) is 0 Å². The fourth-order valence-corrected chi connectivity index (χ4v) is 2.16. The Hall–Kier alpha value is -1.00. The van der Waals surface area contributed by atoms with Gasteiger partial charge in [-0.05, 0) is 58.8 Å². The first-order chi connectivity index (χ1) is 9.90. The molecule has 0 aromatic carbocycles. The molecule has 3 nitrogen and oxygen atoms in total. The Labute approximate surface area is 129 Å². The SMILES string of the molecule is CCCNC(CCN(C)C(C)(C)CC)c1ccc(F)cn1. The molecule has 1 aromatic rings. The van der Waals surface area contributed by atoms with E-state index in [9.17, 15) is 4.39 Å². The second-order valence-electron chi connectivity index (χ2n) is 6.28. The third-order valence-corrected chi connectivity index (χ3v) is 4.40. The number of aromatic nitrogens is 1. The zero-order chi connectivity index (χ0) is 15.9. The monoisotopic (exact) mass is 295 g/mol. The van der Waals surface area contributed by atoms with Crippen LogP contribution in [-0.2, 0) is 0 Å². The summed E-state index contributed by atoms with van der Waals surface area (Å²) < 4.78 is 13.0. The van der Waals surface area contributed by atoms with Gasteiger partial charge in [0, 0.05) is 12.1 Å². The molecule has 21 heavy (non-hydrogen) atoms. The average Bonchev–Trinajstić information content (AvgIpc) is 2.48. The van der Waals surface area contributed by atoms with Crippen molar-refractivity contribution in [3.05, 3.63) is 29.8 Å². The van der Waals surface area contributed by atoms with Gasteiger partial charge in [-0.2, -0.15) is 0 Å². The van der Waals surface area contributed by atoms with Crippen LogP contribution >= 0.6 is 0 Å². The van der Waals surface area contributed by atoms with Crippen molar-refractivity contribution in [1.29, 1.82) is 0 Å². The number of hydrogen-bond donors (Lipinski definition) is 1. The molecule has 1 rings (SSSR count). The number of nitrogens with zero attached hydrogens (tertiary/aromatic N) is 2. The molecule has 120 valence electrons. The number of pyridine rings is 1. The maximum Gasteiger partial charge on any atom is 0.141 e. The third-order valence-electron chi connectivity index (χ3n) is 4.40. The van der Waals surface area contributed by atoms with E-state index in [0.717, 1.165) is 38.0 Å². The Morgan fingerprint density at radius 3 is 2.57 bits per heavy atom. The summed E-state index contributed by atoms with van der Waals surface area (Å²) in [5.41, 5.74) is 1.12. The molecule has 4 heteroatoms. The van der Waals surface area contributed by atoms with E-state index in [-0.39, 0.29) is 17.4 Å². The van der Waals surface area contributed by atoms with Gasteiger partial charge >= 0.3 is 0 Å². The summed E-state index contributed by atoms with van der Waals surface area (Å²) in [5, 5.41) is 3.52. The largest absolute Gasteiger partial charge is 0.309 e. The Morgan fingerprint density at radius 1 is 1.33 bits per heavy atom. The van der Waals surface area contributed by atoms with Gasteiger partial charge < -0.3 is 10.2 Å². The van der Waals surface area contributed by atoms with Gasteiger partial charge in [-0.3, -0.25) is 4.98 Å². The number of halogens is 1. The van der Waals surface area contributed by atoms with Gasteiger partial charge in [-0.15, -0.1) is 0 Å². The summed E-state index contributed by atoms with van der Waals surface area (Å²) in [6.07, 6.45) is 4.47. The normalized spacial score (nSPS) is 13.7. The van der Waals surface area contributed by atoms with Crippen molar-refractivity contribution in [2.45, 2.75) is 58.5 Å². The first-order valence-electron chi connectivity index (χ1n) is 7.96. The lowest BCUT2D eigenvalue weighted by atomic mass is 9.99. The van der Waals surface area contributed by atoms with E-state index in [0.29, 0.717) is 0 Å². The highest BCUT2D eigenvalue weighted by molar-refractivity contribution is 5.10. The second kappa shape index (κ2) is 8.44. The van der Waals surface area contributed by atoms with Crippen LogP contribution in [0.3, 0.4) is 0 Å². The van der Waals surface area contributed by atoms with Gasteiger partial charge in [0.25, 0.3) is 0 Å². The van der Waals surface area contributed by atoms with Crippen LogP contribution in [0, 0.1) is 5.82 Å². The summed E-state index contributed by atoms with van der Waals surface area (Å²) in [7, 11) is 2.17. The summed E-state index contributed by atoms with van der Waals surface area (Å²) >= 11 is 0. The van der Waals surface area contributed by atoms with E-state index in [1.807, 2.05) is 0 Å². The van der Waals surface area contributed by atoms with Crippen molar-refractivity contribution >= 4 is 0 Å². The van der Waals surface area contributed by atoms with Crippen LogP contribution < -0.4 is 5.32 Å². The molecule has 0 aliphatic carbocycles. The maximum atomic E-state index is 13.0. The highest BCUT2D eigenvalue weighted by Crippen LogP contribution is 2.20. The highest BCUT2D eigenvalue weighted by Gasteiger charge is 2.22. The van der Waals surface area contributed by atoms with Crippen LogP contribution in [0.4, 0.5) is 4.39 Å². The summed E-state index contributed by atoms with van der Waals surface area (Å²) in [4.78, 5) is 6.62. The minimum Gasteiger partial charge on any atom is -0.309 e. The standard InChI is InChI=1S/C17H30FN3/c1-6-11-19-16(15-9-8-14(18)13-20-15)10-12-21(5)17(3,4)7-2/h8-9,13,16,19H,6-7,10-12H2,1-5H3. The molecule has 1 unspecified atom stereocenters. The van der Waals surface area contributed by atoms with Gasteiger partial charge in [0.1, 0.15) is 5.82 Å². The molecule has 0 saturated carbocycles. The zero-order valence-electron chi connectivity index (χ0n) is 14.1. The van der Waals surface area contributed by atoms with Crippen LogP contribution in [-0.4, -0.2) is 35.6 Å². The molecule has 0 aliphatic rings. The van der Waals surface area contributed by atoms with Gasteiger partial charge in [-0.25, -0.2) is 4.39 Å². The Bertz CT molecular complexity index is 403. The molecule has 0 spiro atoms. The first-order valence-corrected chi connectivity index (χ1v) is 7.96. The van der Waals surface area contributed by atoms with Gasteiger partial charge in [-0.1, -0.05) is 13.8 Å². The molecule has 1 heterocycles. The fourth-order valence-electron chi connectivity index (χ4n) is 2.16. The second-order valence-corrected chi connectivity index (χ2v) is 6.28. The molecular weight excluding hydrogens is 265 g/mol. The van der Waals surface area contributed by atoms with E-state index < -0.39 is 0 Å². The number of rotatable bonds is 9. The van der Waals surface area contributed by atoms with Crippen molar-refractivity contribution in [1.82, 2.24) is 15.2 Å². The van der Waals surface area contributed by atoms with Crippen LogP contribution in [0.25, 0.3) is 0 Å². The topological polar surface area (TPSA) is 28.2 Å². The van der Waals surface area contributed by atoms with E-state index >= 15 is 0 Å². The lowest BCUT2D eigenvalue weighted by Gasteiger charge is -2.35. The molecule has 1 N–H and O–H groups in total. The van der Waals surface area contributed by atoms with Gasteiger partial charge in [0.05, 0.1) is 17.9 Å². The predicted octanol–water partition coefficient (Wildman–Crippen LogP) is 3.77. The Balaban J connectivity index is 2.68. The minimum absolute atomic E-state index is 0.181. The summed E-state index contributed by atoms with van der Waals surface area (Å²) in [6, 6.07) is 3.46. The van der Waals surface area contributed by atoms with Gasteiger partial charge in [0.2, 0.25) is 0 Å². The Morgan fingerprint density at radius 2 is 2.05 bits per heavy atom. The average molecular weight is 295 g/mol. The van der Waals surface area contributed by atoms with E-state index in [4.69, 9.17) is 0 Å². The zero-order valence-corrected chi connectivity index (χ0v) is 14.1. The molecule has 0 bridgehead atoms. The predicted molar refractivity (Wildman–Crippen MR) is 86.8 cm³/mol. The Kier molecular flexibility index (Phi) is 7.26. The van der Waals surface area contributed by atoms with Crippen molar-refractivity contribution in [2.24, 2.45) is 0 Å². The quantitative estimate of drug-likeness (QED) is 0.751. The molecule has 0 amide bonds. The van der Waals surface area contributed by atoms with Crippen LogP contribution in [0.2, 0.25) is 0 Å². The van der Waals surface area contributed by atoms with Crippen LogP contribution in [0.15, 0.2) is 18.3 Å². The summed E-state index contributed by atoms with van der Waals surface area (Å²) in [5.74, 6) is -0.280. The molecular formula is C17H30FN3. The van der Waals surface area contributed by atoms with Gasteiger partial charge in [0.15, 0.2) is 0 Å². The first kappa shape index (κ1) is 18.1. The summed E-state index contributed by atoms with van der Waals surface area (Å²) in [6.45, 7) is 10.8.